The smallest absolute Gasteiger partial charge is 0.238 e. The Morgan fingerprint density at radius 3 is 2.32 bits per heavy atom. The predicted molar refractivity (Wildman–Crippen MR) is 95.6 cm³/mol. The molecule has 0 aliphatic rings. The van der Waals surface area contributed by atoms with Gasteiger partial charge in [-0.05, 0) is 29.1 Å². The molecular weight excluding hydrogens is 342 g/mol. The number of hydrogen-bond acceptors (Lipinski definition) is 3. The zero-order chi connectivity index (χ0) is 17.6. The topological polar surface area (TPSA) is 41.1 Å². The molecule has 25 heavy (non-hydrogen) atoms. The van der Waals surface area contributed by atoms with Crippen molar-refractivity contribution in [3.63, 3.8) is 0 Å². The molecule has 3 aromatic rings. The second kappa shape index (κ2) is 8.00. The molecule has 0 unspecified atom stereocenters. The highest BCUT2D eigenvalue weighted by Gasteiger charge is 2.17. The summed E-state index contributed by atoms with van der Waals surface area (Å²) in [7, 11) is 0. The van der Waals surface area contributed by atoms with E-state index in [9.17, 15) is 13.6 Å². The Labute approximate surface area is 148 Å². The Hall–Kier alpha value is -2.57. The zero-order valence-corrected chi connectivity index (χ0v) is 14.0. The summed E-state index contributed by atoms with van der Waals surface area (Å²) < 4.78 is 27.2. The predicted octanol–water partition coefficient (Wildman–Crippen LogP) is 4.34. The van der Waals surface area contributed by atoms with Crippen LogP contribution in [0.4, 0.5) is 14.5 Å². The molecule has 1 aromatic heterocycles. The van der Waals surface area contributed by atoms with Crippen LogP contribution >= 0.6 is 11.3 Å². The Bertz CT molecular complexity index is 818. The van der Waals surface area contributed by atoms with Gasteiger partial charge in [0.15, 0.2) is 0 Å². The molecule has 0 bridgehead atoms. The van der Waals surface area contributed by atoms with Gasteiger partial charge in [-0.15, -0.1) is 11.3 Å². The van der Waals surface area contributed by atoms with Gasteiger partial charge >= 0.3 is 0 Å². The average Bonchev–Trinajstić information content (AvgIpc) is 3.14. The van der Waals surface area contributed by atoms with Crippen LogP contribution in [0.15, 0.2) is 66.0 Å². The van der Waals surface area contributed by atoms with Gasteiger partial charge in [0.05, 0.1) is 12.6 Å². The van der Waals surface area contributed by atoms with Crippen LogP contribution in [0.25, 0.3) is 0 Å². The summed E-state index contributed by atoms with van der Waals surface area (Å²) >= 11 is 1.57. The lowest BCUT2D eigenvalue weighted by Crippen LogP contribution is -2.32. The lowest BCUT2D eigenvalue weighted by atomic mass is 10.1. The summed E-state index contributed by atoms with van der Waals surface area (Å²) in [4.78, 5) is 13.2. The summed E-state index contributed by atoms with van der Waals surface area (Å²) in [6, 6.07) is 16.9. The van der Waals surface area contributed by atoms with E-state index < -0.39 is 23.2 Å². The van der Waals surface area contributed by atoms with E-state index in [1.807, 2.05) is 47.8 Å². The molecule has 0 fully saturated rings. The van der Waals surface area contributed by atoms with E-state index in [-0.39, 0.29) is 12.6 Å². The van der Waals surface area contributed by atoms with Crippen LogP contribution < -0.4 is 10.6 Å². The van der Waals surface area contributed by atoms with Gasteiger partial charge in [-0.1, -0.05) is 42.5 Å². The van der Waals surface area contributed by atoms with Crippen LogP contribution in [0.2, 0.25) is 0 Å². The maximum atomic E-state index is 13.6. The second-order valence-electron chi connectivity index (χ2n) is 5.38. The summed E-state index contributed by atoms with van der Waals surface area (Å²) in [5.41, 5.74) is 0.580. The van der Waals surface area contributed by atoms with E-state index in [0.717, 1.165) is 22.6 Å². The molecule has 0 radical (unpaired) electrons. The molecule has 6 heteroatoms. The largest absolute Gasteiger partial charge is 0.320 e. The Morgan fingerprint density at radius 2 is 1.68 bits per heavy atom. The Kier molecular flexibility index (Phi) is 5.53. The standard InChI is InChI=1S/C19H16F2N2OS/c20-14-8-4-9-15(21)19(14)23-17(24)12-22-18(16-10-5-11-25-16)13-6-2-1-3-7-13/h1-11,18,22H,12H2,(H,23,24)/t18-/m1/s1. The minimum atomic E-state index is -0.800. The van der Waals surface area contributed by atoms with Crippen molar-refractivity contribution in [3.8, 4) is 0 Å². The molecule has 2 aromatic carbocycles. The highest BCUT2D eigenvalue weighted by atomic mass is 32.1. The SMILES string of the molecule is O=C(CN[C@H](c1ccccc1)c1cccs1)Nc1c(F)cccc1F. The number of carbonyl (C=O) groups is 1. The highest BCUT2D eigenvalue weighted by molar-refractivity contribution is 7.10. The van der Waals surface area contributed by atoms with Crippen molar-refractivity contribution in [2.75, 3.05) is 11.9 Å². The van der Waals surface area contributed by atoms with Gasteiger partial charge in [-0.3, -0.25) is 10.1 Å². The van der Waals surface area contributed by atoms with Gasteiger partial charge in [0, 0.05) is 4.88 Å². The molecule has 1 atom stereocenters. The maximum absolute atomic E-state index is 13.6. The van der Waals surface area contributed by atoms with E-state index in [0.29, 0.717) is 0 Å². The highest BCUT2D eigenvalue weighted by Crippen LogP contribution is 2.25. The van der Waals surface area contributed by atoms with Crippen LogP contribution in [0.3, 0.4) is 0 Å². The van der Waals surface area contributed by atoms with Crippen LogP contribution in [0.5, 0.6) is 0 Å². The van der Waals surface area contributed by atoms with Crippen LogP contribution in [0, 0.1) is 11.6 Å². The van der Waals surface area contributed by atoms with E-state index in [1.165, 1.54) is 6.07 Å². The molecule has 0 saturated carbocycles. The number of carbonyl (C=O) groups excluding carboxylic acids is 1. The number of hydrogen-bond donors (Lipinski definition) is 2. The van der Waals surface area contributed by atoms with E-state index in [4.69, 9.17) is 0 Å². The Morgan fingerprint density at radius 1 is 0.960 bits per heavy atom. The monoisotopic (exact) mass is 358 g/mol. The van der Waals surface area contributed by atoms with Gasteiger partial charge < -0.3 is 5.32 Å². The lowest BCUT2D eigenvalue weighted by Gasteiger charge is -2.18. The van der Waals surface area contributed by atoms with E-state index in [2.05, 4.69) is 10.6 Å². The summed E-state index contributed by atoms with van der Waals surface area (Å²) in [5, 5.41) is 7.39. The third kappa shape index (κ3) is 4.29. The minimum Gasteiger partial charge on any atom is -0.320 e. The first-order valence-corrected chi connectivity index (χ1v) is 8.58. The first kappa shape index (κ1) is 17.3. The van der Waals surface area contributed by atoms with Crippen LogP contribution in [-0.2, 0) is 4.79 Å². The maximum Gasteiger partial charge on any atom is 0.238 e. The lowest BCUT2D eigenvalue weighted by molar-refractivity contribution is -0.115. The van der Waals surface area contributed by atoms with Crippen molar-refractivity contribution in [2.45, 2.75) is 6.04 Å². The van der Waals surface area contributed by atoms with Crippen LogP contribution in [0.1, 0.15) is 16.5 Å². The quantitative estimate of drug-likeness (QED) is 0.688. The number of halogens is 2. The summed E-state index contributed by atoms with van der Waals surface area (Å²) in [5.74, 6) is -2.11. The first-order chi connectivity index (χ1) is 12.1. The van der Waals surface area contributed by atoms with Crippen molar-refractivity contribution < 1.29 is 13.6 Å². The molecule has 1 amide bonds. The molecule has 128 valence electrons. The number of amides is 1. The normalized spacial score (nSPS) is 11.9. The Balaban J connectivity index is 1.70. The molecule has 0 saturated heterocycles. The fourth-order valence-electron chi connectivity index (χ4n) is 2.48. The number of rotatable bonds is 6. The fraction of sp³-hybridized carbons (Fsp3) is 0.105. The number of para-hydroxylation sites is 1. The van der Waals surface area contributed by atoms with Crippen LogP contribution in [-0.4, -0.2) is 12.5 Å². The molecule has 3 nitrogen and oxygen atoms in total. The summed E-state index contributed by atoms with van der Waals surface area (Å²) in [6.07, 6.45) is 0. The molecule has 1 heterocycles. The molecule has 2 N–H and O–H groups in total. The van der Waals surface area contributed by atoms with Gasteiger partial charge in [0.1, 0.15) is 17.3 Å². The summed E-state index contributed by atoms with van der Waals surface area (Å²) in [6.45, 7) is -0.0781. The number of benzene rings is 2. The number of nitrogens with one attached hydrogen (secondary N) is 2. The average molecular weight is 358 g/mol. The van der Waals surface area contributed by atoms with Crippen molar-refractivity contribution in [1.29, 1.82) is 0 Å². The molecule has 3 rings (SSSR count). The molecule has 0 spiro atoms. The van der Waals surface area contributed by atoms with E-state index in [1.54, 1.807) is 11.3 Å². The minimum absolute atomic E-state index is 0.0781. The van der Waals surface area contributed by atoms with Crippen molar-refractivity contribution in [1.82, 2.24) is 5.32 Å². The zero-order valence-electron chi connectivity index (χ0n) is 13.2. The number of thiophene rings is 1. The number of anilines is 1. The van der Waals surface area contributed by atoms with E-state index >= 15 is 0 Å². The van der Waals surface area contributed by atoms with Gasteiger partial charge in [0.2, 0.25) is 5.91 Å². The molecule has 0 aliphatic heterocycles. The van der Waals surface area contributed by atoms with Gasteiger partial charge in [-0.2, -0.15) is 0 Å². The second-order valence-corrected chi connectivity index (χ2v) is 6.36. The third-order valence-corrected chi connectivity index (χ3v) is 4.59. The molecular formula is C19H16F2N2OS. The van der Waals surface area contributed by atoms with Gasteiger partial charge in [-0.25, -0.2) is 8.78 Å². The molecule has 0 aliphatic carbocycles. The van der Waals surface area contributed by atoms with Crippen molar-refractivity contribution >= 4 is 22.9 Å². The van der Waals surface area contributed by atoms with Gasteiger partial charge in [0.25, 0.3) is 0 Å². The third-order valence-electron chi connectivity index (χ3n) is 3.65. The fourth-order valence-corrected chi connectivity index (χ4v) is 3.31. The first-order valence-electron chi connectivity index (χ1n) is 7.71. The van der Waals surface area contributed by atoms with Crippen molar-refractivity contribution in [3.05, 3.63) is 88.1 Å². The van der Waals surface area contributed by atoms with Crippen molar-refractivity contribution in [2.24, 2.45) is 0 Å².